The van der Waals surface area contributed by atoms with Crippen LogP contribution in [-0.4, -0.2) is 52.5 Å². The number of amides is 1. The van der Waals surface area contributed by atoms with Crippen molar-refractivity contribution in [3.63, 3.8) is 0 Å². The van der Waals surface area contributed by atoms with Crippen LogP contribution in [0.2, 0.25) is 5.02 Å². The third-order valence-corrected chi connectivity index (χ3v) is 7.09. The van der Waals surface area contributed by atoms with Crippen LogP contribution in [0.1, 0.15) is 21.5 Å². The Kier molecular flexibility index (Phi) is 6.40. The number of halogens is 1. The smallest absolute Gasteiger partial charge is 0.254 e. The molecule has 2 aromatic carbocycles. The second-order valence-corrected chi connectivity index (χ2v) is 9.26. The number of nitrogens with one attached hydrogen (secondary N) is 2. The van der Waals surface area contributed by atoms with Gasteiger partial charge in [0, 0.05) is 11.1 Å². The first-order valence-electron chi connectivity index (χ1n) is 9.22. The zero-order chi connectivity index (χ0) is 20.3. The molecular weight excluding hydrogens is 398 g/mol. The van der Waals surface area contributed by atoms with Crippen molar-refractivity contribution in [1.29, 1.82) is 0 Å². The van der Waals surface area contributed by atoms with E-state index >= 15 is 0 Å². The van der Waals surface area contributed by atoms with Crippen molar-refractivity contribution in [2.75, 3.05) is 33.2 Å². The largest absolute Gasteiger partial charge is 0.328 e. The molecule has 1 amide bonds. The minimum atomic E-state index is -3.72. The Bertz CT molecular complexity index is 970. The van der Waals surface area contributed by atoms with Gasteiger partial charge in [0.2, 0.25) is 10.0 Å². The standard InChI is InChI=1S/C20H24ClN3O3S/c1-15-5-3-4-6-17(15)14-23-9-11-24(12-10-23)20(25)16-7-8-18(21)19(13-16)28(26,27)22-2/h3-8,13,22H,9-12,14H2,1-2H3/p+1. The molecule has 0 atom stereocenters. The van der Waals surface area contributed by atoms with Gasteiger partial charge in [-0.3, -0.25) is 4.79 Å². The van der Waals surface area contributed by atoms with E-state index in [0.29, 0.717) is 18.7 Å². The van der Waals surface area contributed by atoms with Crippen molar-refractivity contribution in [1.82, 2.24) is 9.62 Å². The molecule has 2 aromatic rings. The van der Waals surface area contributed by atoms with Gasteiger partial charge in [0.25, 0.3) is 5.91 Å². The van der Waals surface area contributed by atoms with Gasteiger partial charge in [-0.15, -0.1) is 0 Å². The van der Waals surface area contributed by atoms with E-state index in [1.165, 1.54) is 35.2 Å². The summed E-state index contributed by atoms with van der Waals surface area (Å²) in [4.78, 5) is 16.0. The van der Waals surface area contributed by atoms with Crippen LogP contribution in [0.15, 0.2) is 47.4 Å². The number of sulfonamides is 1. The minimum absolute atomic E-state index is 0.0775. The van der Waals surface area contributed by atoms with E-state index in [9.17, 15) is 13.2 Å². The molecule has 1 aliphatic rings. The van der Waals surface area contributed by atoms with Crippen LogP contribution in [0.4, 0.5) is 0 Å². The van der Waals surface area contributed by atoms with Crippen molar-refractivity contribution in [3.8, 4) is 0 Å². The lowest BCUT2D eigenvalue weighted by atomic mass is 10.1. The van der Waals surface area contributed by atoms with Crippen molar-refractivity contribution in [2.45, 2.75) is 18.4 Å². The van der Waals surface area contributed by atoms with Crippen molar-refractivity contribution in [2.24, 2.45) is 0 Å². The van der Waals surface area contributed by atoms with E-state index in [0.717, 1.165) is 19.6 Å². The third kappa shape index (κ3) is 4.55. The zero-order valence-corrected chi connectivity index (χ0v) is 17.6. The summed E-state index contributed by atoms with van der Waals surface area (Å²) in [5.41, 5.74) is 2.95. The number of carbonyl (C=O) groups is 1. The molecule has 3 rings (SSSR count). The Labute approximate surface area is 171 Å². The van der Waals surface area contributed by atoms with Gasteiger partial charge < -0.3 is 9.80 Å². The average molecular weight is 423 g/mol. The van der Waals surface area contributed by atoms with Crippen LogP contribution in [0.5, 0.6) is 0 Å². The summed E-state index contributed by atoms with van der Waals surface area (Å²) in [5, 5.41) is 0.0957. The van der Waals surface area contributed by atoms with E-state index in [2.05, 4.69) is 29.8 Å². The fraction of sp³-hybridized carbons (Fsp3) is 0.350. The summed E-state index contributed by atoms with van der Waals surface area (Å²) in [6.07, 6.45) is 0. The van der Waals surface area contributed by atoms with Gasteiger partial charge in [-0.1, -0.05) is 35.9 Å². The lowest BCUT2D eigenvalue weighted by Gasteiger charge is -2.32. The van der Waals surface area contributed by atoms with Crippen molar-refractivity contribution >= 4 is 27.5 Å². The Morgan fingerprint density at radius 2 is 1.86 bits per heavy atom. The second kappa shape index (κ2) is 8.61. The number of piperazine rings is 1. The Hall–Kier alpha value is -1.93. The number of quaternary nitrogens is 1. The fourth-order valence-electron chi connectivity index (χ4n) is 3.42. The molecule has 1 saturated heterocycles. The van der Waals surface area contributed by atoms with Gasteiger partial charge in [-0.25, -0.2) is 13.1 Å². The topological polar surface area (TPSA) is 70.9 Å². The summed E-state index contributed by atoms with van der Waals surface area (Å²) in [6, 6.07) is 12.7. The van der Waals surface area contributed by atoms with Crippen LogP contribution < -0.4 is 9.62 Å². The molecule has 1 aliphatic heterocycles. The highest BCUT2D eigenvalue weighted by Crippen LogP contribution is 2.23. The van der Waals surface area contributed by atoms with Gasteiger partial charge in [-0.05, 0) is 37.7 Å². The average Bonchev–Trinajstić information content (AvgIpc) is 2.70. The number of nitrogens with zero attached hydrogens (tertiary/aromatic N) is 1. The molecule has 0 radical (unpaired) electrons. The van der Waals surface area contributed by atoms with E-state index in [-0.39, 0.29) is 15.8 Å². The summed E-state index contributed by atoms with van der Waals surface area (Å²) in [7, 11) is -2.40. The normalized spacial score (nSPS) is 15.6. The predicted molar refractivity (Wildman–Crippen MR) is 109 cm³/mol. The van der Waals surface area contributed by atoms with Crippen LogP contribution in [0.25, 0.3) is 0 Å². The van der Waals surface area contributed by atoms with Gasteiger partial charge in [0.1, 0.15) is 11.4 Å². The zero-order valence-electron chi connectivity index (χ0n) is 16.0. The molecule has 2 N–H and O–H groups in total. The molecule has 8 heteroatoms. The molecule has 6 nitrogen and oxygen atoms in total. The molecule has 0 spiro atoms. The first kappa shape index (κ1) is 20.8. The highest BCUT2D eigenvalue weighted by molar-refractivity contribution is 7.89. The molecule has 0 aliphatic carbocycles. The quantitative estimate of drug-likeness (QED) is 0.758. The first-order valence-corrected chi connectivity index (χ1v) is 11.1. The number of benzene rings is 2. The monoisotopic (exact) mass is 422 g/mol. The number of rotatable bonds is 5. The van der Waals surface area contributed by atoms with Crippen molar-refractivity contribution < 1.29 is 18.1 Å². The summed E-state index contributed by atoms with van der Waals surface area (Å²) < 4.78 is 26.4. The Morgan fingerprint density at radius 3 is 2.50 bits per heavy atom. The Balaban J connectivity index is 1.67. The number of hydrogen-bond donors (Lipinski definition) is 2. The summed E-state index contributed by atoms with van der Waals surface area (Å²) in [6.45, 7) is 6.05. The highest BCUT2D eigenvalue weighted by Gasteiger charge is 2.26. The van der Waals surface area contributed by atoms with E-state index in [4.69, 9.17) is 11.6 Å². The minimum Gasteiger partial charge on any atom is -0.328 e. The SMILES string of the molecule is CNS(=O)(=O)c1cc(C(=O)N2CC[NH+](Cc3ccccc3C)CC2)ccc1Cl. The number of hydrogen-bond acceptors (Lipinski definition) is 3. The first-order chi connectivity index (χ1) is 13.3. The maximum absolute atomic E-state index is 12.9. The molecule has 0 aromatic heterocycles. The summed E-state index contributed by atoms with van der Waals surface area (Å²) in [5.74, 6) is -0.167. The van der Waals surface area contributed by atoms with Gasteiger partial charge in [-0.2, -0.15) is 0 Å². The maximum atomic E-state index is 12.9. The summed E-state index contributed by atoms with van der Waals surface area (Å²) >= 11 is 6.01. The predicted octanol–water partition coefficient (Wildman–Crippen LogP) is 1.10. The van der Waals surface area contributed by atoms with Crippen LogP contribution in [-0.2, 0) is 16.6 Å². The maximum Gasteiger partial charge on any atom is 0.254 e. The van der Waals surface area contributed by atoms with Crippen molar-refractivity contribution in [3.05, 3.63) is 64.2 Å². The molecular formula is C20H25ClN3O3S+. The van der Waals surface area contributed by atoms with Crippen LogP contribution in [0.3, 0.4) is 0 Å². The molecule has 1 heterocycles. The molecule has 150 valence electrons. The van der Waals surface area contributed by atoms with Crippen LogP contribution in [0, 0.1) is 6.92 Å². The third-order valence-electron chi connectivity index (χ3n) is 5.20. The lowest BCUT2D eigenvalue weighted by molar-refractivity contribution is -0.917. The highest BCUT2D eigenvalue weighted by atomic mass is 35.5. The number of aryl methyl sites for hydroxylation is 1. The van der Waals surface area contributed by atoms with E-state index in [1.54, 1.807) is 11.0 Å². The van der Waals surface area contributed by atoms with Gasteiger partial charge in [0.05, 0.1) is 31.2 Å². The van der Waals surface area contributed by atoms with E-state index < -0.39 is 10.0 Å². The lowest BCUT2D eigenvalue weighted by Crippen LogP contribution is -3.13. The molecule has 1 fully saturated rings. The fourth-order valence-corrected chi connectivity index (χ4v) is 4.66. The van der Waals surface area contributed by atoms with Gasteiger partial charge >= 0.3 is 0 Å². The second-order valence-electron chi connectivity index (χ2n) is 7.00. The van der Waals surface area contributed by atoms with Gasteiger partial charge in [0.15, 0.2) is 0 Å². The molecule has 0 saturated carbocycles. The van der Waals surface area contributed by atoms with E-state index in [1.807, 2.05) is 6.07 Å². The molecule has 0 bridgehead atoms. The molecule has 28 heavy (non-hydrogen) atoms. The number of carbonyl (C=O) groups excluding carboxylic acids is 1. The van der Waals surface area contributed by atoms with Crippen LogP contribution >= 0.6 is 11.6 Å². The molecule has 0 unspecified atom stereocenters. The Morgan fingerprint density at radius 1 is 1.18 bits per heavy atom.